The molecule has 1 aliphatic heterocycles. The number of carbonyl (C=O) groups is 1. The normalized spacial score (nSPS) is 33.9. The monoisotopic (exact) mass is 300 g/mol. The fraction of sp³-hybridized carbons (Fsp3) is 0.462. The fourth-order valence-electron chi connectivity index (χ4n) is 1.90. The highest BCUT2D eigenvalue weighted by Crippen LogP contribution is 2.33. The number of hydrogen-bond donors (Lipinski definition) is 4. The third kappa shape index (κ3) is 3.13. The van der Waals surface area contributed by atoms with Gasteiger partial charge in [0.15, 0.2) is 6.10 Å². The molecule has 1 fully saturated rings. The van der Waals surface area contributed by atoms with Crippen molar-refractivity contribution in [1.29, 1.82) is 0 Å². The molecule has 1 heterocycles. The Morgan fingerprint density at radius 1 is 1.10 bits per heavy atom. The summed E-state index contributed by atoms with van der Waals surface area (Å²) in [6, 6.07) is 7.36. The van der Waals surface area contributed by atoms with Crippen LogP contribution in [-0.4, -0.2) is 56.2 Å². The maximum atomic E-state index is 11.0. The molecule has 1 aliphatic rings. The van der Waals surface area contributed by atoms with E-state index in [9.17, 15) is 20.1 Å². The van der Waals surface area contributed by atoms with Crippen molar-refractivity contribution in [3.63, 3.8) is 0 Å². The number of aliphatic carboxylic acids is 1. The van der Waals surface area contributed by atoms with E-state index < -0.39 is 35.8 Å². The lowest BCUT2D eigenvalue weighted by atomic mass is 10.0. The first-order valence-electron chi connectivity index (χ1n) is 6.06. The van der Waals surface area contributed by atoms with Crippen molar-refractivity contribution in [1.82, 2.24) is 0 Å². The minimum Gasteiger partial charge on any atom is -0.479 e. The van der Waals surface area contributed by atoms with Gasteiger partial charge in [-0.2, -0.15) is 0 Å². The molecule has 0 unspecified atom stereocenters. The van der Waals surface area contributed by atoms with Crippen molar-refractivity contribution in [2.24, 2.45) is 0 Å². The summed E-state index contributed by atoms with van der Waals surface area (Å²) in [5.74, 6) is -1.38. The van der Waals surface area contributed by atoms with E-state index in [0.717, 1.165) is 22.2 Å². The standard InChI is InChI=1S/C13H16O6S/c1-6-2-4-7(5-3-6)20-13-10(16)8(14)9(15)11(19-13)12(17)18/h2-5,8-11,13-16H,1H3,(H,17,18)/t8-,9-,10+,11-,13-/m0/s1. The second kappa shape index (κ2) is 6.11. The van der Waals surface area contributed by atoms with E-state index in [2.05, 4.69) is 0 Å². The van der Waals surface area contributed by atoms with E-state index >= 15 is 0 Å². The first kappa shape index (κ1) is 15.3. The van der Waals surface area contributed by atoms with Gasteiger partial charge in [0.05, 0.1) is 0 Å². The molecular formula is C13H16O6S. The van der Waals surface area contributed by atoms with Crippen LogP contribution in [0.4, 0.5) is 0 Å². The number of ether oxygens (including phenoxy) is 1. The van der Waals surface area contributed by atoms with Crippen molar-refractivity contribution < 1.29 is 30.0 Å². The van der Waals surface area contributed by atoms with Gasteiger partial charge < -0.3 is 25.2 Å². The summed E-state index contributed by atoms with van der Waals surface area (Å²) in [6.07, 6.45) is -6.14. The number of carboxylic acid groups (broad SMARTS) is 1. The summed E-state index contributed by atoms with van der Waals surface area (Å²) in [5.41, 5.74) is 0.107. The molecule has 6 nitrogen and oxygen atoms in total. The highest BCUT2D eigenvalue weighted by atomic mass is 32.2. The molecule has 5 atom stereocenters. The maximum absolute atomic E-state index is 11.0. The van der Waals surface area contributed by atoms with Crippen LogP contribution in [0.25, 0.3) is 0 Å². The van der Waals surface area contributed by atoms with Crippen LogP contribution in [0.1, 0.15) is 5.56 Å². The molecule has 4 N–H and O–H groups in total. The lowest BCUT2D eigenvalue weighted by Gasteiger charge is -2.38. The summed E-state index contributed by atoms with van der Waals surface area (Å²) >= 11 is 1.10. The van der Waals surface area contributed by atoms with Gasteiger partial charge in [0, 0.05) is 4.90 Å². The number of aliphatic hydroxyl groups is 3. The van der Waals surface area contributed by atoms with Crippen molar-refractivity contribution >= 4 is 17.7 Å². The number of rotatable bonds is 3. The topological polar surface area (TPSA) is 107 Å². The zero-order valence-electron chi connectivity index (χ0n) is 10.7. The number of hydrogen-bond acceptors (Lipinski definition) is 6. The zero-order chi connectivity index (χ0) is 14.9. The van der Waals surface area contributed by atoms with Crippen molar-refractivity contribution in [2.75, 3.05) is 0 Å². The third-order valence-corrected chi connectivity index (χ3v) is 4.25. The molecule has 1 aromatic carbocycles. The second-order valence-corrected chi connectivity index (χ2v) is 5.84. The Hall–Kier alpha value is -1.12. The van der Waals surface area contributed by atoms with E-state index in [4.69, 9.17) is 9.84 Å². The molecule has 1 aromatic rings. The predicted octanol–water partition coefficient (Wildman–Crippen LogP) is -0.0207. The van der Waals surface area contributed by atoms with Gasteiger partial charge in [-0.25, -0.2) is 4.79 Å². The Balaban J connectivity index is 2.13. The summed E-state index contributed by atoms with van der Waals surface area (Å²) in [5, 5.41) is 38.1. The quantitative estimate of drug-likeness (QED) is 0.621. The van der Waals surface area contributed by atoms with Crippen LogP contribution in [-0.2, 0) is 9.53 Å². The minimum absolute atomic E-state index is 0.771. The molecule has 0 aliphatic carbocycles. The van der Waals surface area contributed by atoms with Crippen molar-refractivity contribution in [2.45, 2.75) is 41.7 Å². The molecule has 0 spiro atoms. The molecule has 0 bridgehead atoms. The highest BCUT2D eigenvalue weighted by molar-refractivity contribution is 7.99. The van der Waals surface area contributed by atoms with Crippen molar-refractivity contribution in [3.05, 3.63) is 29.8 Å². The largest absolute Gasteiger partial charge is 0.479 e. The summed E-state index contributed by atoms with van der Waals surface area (Å²) in [6.45, 7) is 1.93. The Morgan fingerprint density at radius 3 is 2.25 bits per heavy atom. The SMILES string of the molecule is Cc1ccc(S[C@@H]2O[C@H](C(=O)O)[C@@H](O)[C@H](O)[C@H]2O)cc1. The van der Waals surface area contributed by atoms with Crippen LogP contribution < -0.4 is 0 Å². The van der Waals surface area contributed by atoms with Gasteiger partial charge in [0.25, 0.3) is 0 Å². The molecule has 7 heteroatoms. The lowest BCUT2D eigenvalue weighted by Crippen LogP contribution is -2.58. The van der Waals surface area contributed by atoms with Gasteiger partial charge in [-0.1, -0.05) is 29.5 Å². The van der Waals surface area contributed by atoms with Gasteiger partial charge in [-0.15, -0.1) is 0 Å². The van der Waals surface area contributed by atoms with Crippen LogP contribution in [0.5, 0.6) is 0 Å². The van der Waals surface area contributed by atoms with E-state index in [1.54, 1.807) is 0 Å². The minimum atomic E-state index is -1.66. The smallest absolute Gasteiger partial charge is 0.335 e. The average Bonchev–Trinajstić information content (AvgIpc) is 2.41. The fourth-order valence-corrected chi connectivity index (χ4v) is 2.94. The maximum Gasteiger partial charge on any atom is 0.335 e. The van der Waals surface area contributed by atoms with Gasteiger partial charge in [0.1, 0.15) is 23.7 Å². The third-order valence-electron chi connectivity index (χ3n) is 3.09. The molecule has 0 saturated carbocycles. The van der Waals surface area contributed by atoms with Crippen LogP contribution in [0.2, 0.25) is 0 Å². The molecule has 0 aromatic heterocycles. The summed E-state index contributed by atoms with van der Waals surface area (Å²) in [7, 11) is 0. The van der Waals surface area contributed by atoms with E-state index in [1.807, 2.05) is 31.2 Å². The van der Waals surface area contributed by atoms with Crippen LogP contribution in [0, 0.1) is 6.92 Å². The zero-order valence-corrected chi connectivity index (χ0v) is 11.5. The number of aliphatic hydroxyl groups excluding tert-OH is 3. The Kier molecular flexibility index (Phi) is 4.66. The number of carboxylic acids is 1. The first-order chi connectivity index (χ1) is 9.40. The number of thioether (sulfide) groups is 1. The van der Waals surface area contributed by atoms with Gasteiger partial charge in [0.2, 0.25) is 0 Å². The molecule has 2 rings (SSSR count). The van der Waals surface area contributed by atoms with Gasteiger partial charge in [-0.3, -0.25) is 0 Å². The van der Waals surface area contributed by atoms with Crippen LogP contribution in [0.15, 0.2) is 29.2 Å². The van der Waals surface area contributed by atoms with Crippen molar-refractivity contribution in [3.8, 4) is 0 Å². The molecule has 20 heavy (non-hydrogen) atoms. The first-order valence-corrected chi connectivity index (χ1v) is 6.94. The average molecular weight is 300 g/mol. The highest BCUT2D eigenvalue weighted by Gasteiger charge is 2.47. The van der Waals surface area contributed by atoms with Crippen LogP contribution >= 0.6 is 11.8 Å². The molecule has 0 amide bonds. The summed E-state index contributed by atoms with van der Waals surface area (Å²) in [4.78, 5) is 11.7. The summed E-state index contributed by atoms with van der Waals surface area (Å²) < 4.78 is 5.18. The van der Waals surface area contributed by atoms with E-state index in [1.165, 1.54) is 0 Å². The number of aryl methyl sites for hydroxylation is 1. The Bertz CT molecular complexity index is 476. The van der Waals surface area contributed by atoms with Gasteiger partial charge in [-0.05, 0) is 19.1 Å². The molecular weight excluding hydrogens is 284 g/mol. The van der Waals surface area contributed by atoms with Gasteiger partial charge >= 0.3 is 5.97 Å². The van der Waals surface area contributed by atoms with E-state index in [-0.39, 0.29) is 0 Å². The Morgan fingerprint density at radius 2 is 1.70 bits per heavy atom. The lowest BCUT2D eigenvalue weighted by molar-refractivity contribution is -0.209. The Labute approximate surface area is 120 Å². The molecule has 0 radical (unpaired) electrons. The molecule has 1 saturated heterocycles. The molecule has 110 valence electrons. The van der Waals surface area contributed by atoms with Crippen LogP contribution in [0.3, 0.4) is 0 Å². The number of benzene rings is 1. The predicted molar refractivity (Wildman–Crippen MR) is 71.4 cm³/mol. The second-order valence-electron chi connectivity index (χ2n) is 4.67. The van der Waals surface area contributed by atoms with E-state index in [0.29, 0.717) is 0 Å².